The Morgan fingerprint density at radius 2 is 0.677 bits per heavy atom. The molecule has 0 N–H and O–H groups in total. The van der Waals surface area contributed by atoms with Gasteiger partial charge in [-0.05, 0) is 103 Å². The first kappa shape index (κ1) is 61.1. The van der Waals surface area contributed by atoms with Gasteiger partial charge < -0.3 is 14.2 Å². The molecule has 0 fully saturated rings. The fraction of sp³-hybridized carbons (Fsp3) is 0.644. The molecule has 0 bridgehead atoms. The van der Waals surface area contributed by atoms with Crippen molar-refractivity contribution in [3.63, 3.8) is 0 Å². The zero-order valence-corrected chi connectivity index (χ0v) is 42.0. The summed E-state index contributed by atoms with van der Waals surface area (Å²) >= 11 is 0. The minimum atomic E-state index is -0.820. The van der Waals surface area contributed by atoms with Gasteiger partial charge in [-0.1, -0.05) is 214 Å². The molecule has 0 aliphatic carbocycles. The highest BCUT2D eigenvalue weighted by molar-refractivity contribution is 5.71. The van der Waals surface area contributed by atoms with Crippen molar-refractivity contribution >= 4 is 17.9 Å². The van der Waals surface area contributed by atoms with E-state index >= 15 is 0 Å². The molecule has 0 radical (unpaired) electrons. The van der Waals surface area contributed by atoms with E-state index in [1.165, 1.54) is 96.3 Å². The number of hydrogen-bond acceptors (Lipinski definition) is 6. The molecule has 1 unspecified atom stereocenters. The van der Waals surface area contributed by atoms with E-state index in [4.69, 9.17) is 14.2 Å². The molecule has 0 aromatic rings. The molecule has 0 rings (SSSR count). The fourth-order valence-electron chi connectivity index (χ4n) is 6.85. The summed E-state index contributed by atoms with van der Waals surface area (Å²) in [7, 11) is 0. The smallest absolute Gasteiger partial charge is 0.306 e. The Kier molecular flexibility index (Phi) is 49.5. The van der Waals surface area contributed by atoms with Crippen LogP contribution in [0.15, 0.2) is 109 Å². The van der Waals surface area contributed by atoms with Crippen LogP contribution in [0.2, 0.25) is 0 Å². The maximum absolute atomic E-state index is 12.8. The van der Waals surface area contributed by atoms with Gasteiger partial charge in [-0.3, -0.25) is 14.4 Å². The van der Waals surface area contributed by atoms with Gasteiger partial charge in [0.25, 0.3) is 0 Å². The average molecular weight is 901 g/mol. The number of unbranched alkanes of at least 4 members (excludes halogenated alkanes) is 20. The molecule has 0 aliphatic heterocycles. The number of allylic oxidation sites excluding steroid dienone is 18. The van der Waals surface area contributed by atoms with E-state index < -0.39 is 6.10 Å². The monoisotopic (exact) mass is 901 g/mol. The summed E-state index contributed by atoms with van der Waals surface area (Å²) in [5.41, 5.74) is 0. The topological polar surface area (TPSA) is 78.9 Å². The van der Waals surface area contributed by atoms with E-state index in [2.05, 4.69) is 93.7 Å². The number of hydrogen-bond donors (Lipinski definition) is 0. The summed E-state index contributed by atoms with van der Waals surface area (Å²) < 4.78 is 16.7. The molecule has 0 spiro atoms. The van der Waals surface area contributed by atoms with Crippen LogP contribution in [-0.2, 0) is 28.6 Å². The second-order valence-corrected chi connectivity index (χ2v) is 17.1. The molecule has 0 saturated heterocycles. The third kappa shape index (κ3) is 50.9. The summed E-state index contributed by atoms with van der Waals surface area (Å²) in [4.78, 5) is 38.0. The van der Waals surface area contributed by atoms with Gasteiger partial charge in [0.15, 0.2) is 6.10 Å². The number of carbonyl (C=O) groups is 3. The maximum Gasteiger partial charge on any atom is 0.306 e. The average Bonchev–Trinajstić information content (AvgIpc) is 3.30. The zero-order valence-electron chi connectivity index (χ0n) is 42.0. The van der Waals surface area contributed by atoms with Gasteiger partial charge in [0.2, 0.25) is 0 Å². The van der Waals surface area contributed by atoms with Gasteiger partial charge >= 0.3 is 17.9 Å². The molecule has 65 heavy (non-hydrogen) atoms. The summed E-state index contributed by atoms with van der Waals surface area (Å²) in [5, 5.41) is 0. The molecule has 0 aromatic carbocycles. The molecule has 6 nitrogen and oxygen atoms in total. The predicted molar refractivity (Wildman–Crippen MR) is 279 cm³/mol. The molecule has 0 amide bonds. The maximum atomic E-state index is 12.8. The molecule has 0 aliphatic rings. The van der Waals surface area contributed by atoms with Crippen LogP contribution >= 0.6 is 0 Å². The highest BCUT2D eigenvalue weighted by Crippen LogP contribution is 2.13. The summed E-state index contributed by atoms with van der Waals surface area (Å²) in [6, 6.07) is 0. The largest absolute Gasteiger partial charge is 0.462 e. The molecule has 6 heteroatoms. The number of rotatable bonds is 46. The SMILES string of the molecule is CC\C=C/C=C\C=C/C=C\CCCCCC(=O)OCC(COC(=O)CCC/C=C\C/C=C\C/C=C\CCCCCCCC)OC(=O)CCCCCCCCC/C=C\C/C=C\CCCCC. The summed E-state index contributed by atoms with van der Waals surface area (Å²) in [6.07, 6.45) is 70.8. The third-order valence-electron chi connectivity index (χ3n) is 10.8. The minimum Gasteiger partial charge on any atom is -0.462 e. The Labute approximate surface area is 400 Å². The van der Waals surface area contributed by atoms with Crippen molar-refractivity contribution in [3.05, 3.63) is 109 Å². The lowest BCUT2D eigenvalue weighted by Gasteiger charge is -2.18. The number of ether oxygens (including phenoxy) is 3. The van der Waals surface area contributed by atoms with Crippen LogP contribution in [0.25, 0.3) is 0 Å². The number of carbonyl (C=O) groups excluding carboxylic acids is 3. The first-order valence-electron chi connectivity index (χ1n) is 26.4. The second-order valence-electron chi connectivity index (χ2n) is 17.1. The van der Waals surface area contributed by atoms with Crippen LogP contribution in [-0.4, -0.2) is 37.2 Å². The Bertz CT molecular complexity index is 1360. The first-order chi connectivity index (χ1) is 32.0. The van der Waals surface area contributed by atoms with Gasteiger partial charge in [-0.25, -0.2) is 0 Å². The zero-order chi connectivity index (χ0) is 47.2. The van der Waals surface area contributed by atoms with Gasteiger partial charge in [0.1, 0.15) is 13.2 Å². The van der Waals surface area contributed by atoms with Gasteiger partial charge in [-0.2, -0.15) is 0 Å². The minimum absolute atomic E-state index is 0.119. The van der Waals surface area contributed by atoms with E-state index in [1.54, 1.807) is 0 Å². The van der Waals surface area contributed by atoms with E-state index in [1.807, 2.05) is 36.5 Å². The van der Waals surface area contributed by atoms with E-state index in [0.29, 0.717) is 19.3 Å². The van der Waals surface area contributed by atoms with Crippen LogP contribution in [0, 0.1) is 0 Å². The van der Waals surface area contributed by atoms with Crippen molar-refractivity contribution in [2.24, 2.45) is 0 Å². The van der Waals surface area contributed by atoms with Crippen molar-refractivity contribution in [2.75, 3.05) is 13.2 Å². The standard InChI is InChI=1S/C59H96O6/c1-4-7-10-13-16-19-22-25-27-29-31-34-37-40-43-46-49-52-58(61)64-55-56(54-63-57(60)51-48-45-42-39-36-33-24-21-18-15-12-9-6-3)65-59(62)53-50-47-44-41-38-35-32-30-28-26-23-20-17-14-11-8-5-2/h9,12,15,17-18,20-21,24-28,31,33-34,36,40,43,56H,4-8,10-11,13-14,16,19,22-23,29-30,32,35,37-39,41-42,44-55H2,1-3H3/b12-9-,18-15-,20-17-,24-21-,27-25-,28-26-,34-31-,36-33-,43-40-. The Balaban J connectivity index is 4.54. The Morgan fingerprint density at radius 3 is 1.18 bits per heavy atom. The Morgan fingerprint density at radius 1 is 0.338 bits per heavy atom. The predicted octanol–water partition coefficient (Wildman–Crippen LogP) is 17.5. The van der Waals surface area contributed by atoms with Crippen molar-refractivity contribution in [1.29, 1.82) is 0 Å². The Hall–Kier alpha value is -3.93. The van der Waals surface area contributed by atoms with E-state index in [0.717, 1.165) is 83.5 Å². The van der Waals surface area contributed by atoms with Crippen LogP contribution in [0.3, 0.4) is 0 Å². The lowest BCUT2D eigenvalue weighted by molar-refractivity contribution is -0.167. The van der Waals surface area contributed by atoms with Crippen molar-refractivity contribution in [3.8, 4) is 0 Å². The van der Waals surface area contributed by atoms with E-state index in [-0.39, 0.29) is 37.5 Å². The van der Waals surface area contributed by atoms with Crippen LogP contribution < -0.4 is 0 Å². The molecular formula is C59H96O6. The molecule has 1 atom stereocenters. The van der Waals surface area contributed by atoms with Crippen LogP contribution in [0.4, 0.5) is 0 Å². The van der Waals surface area contributed by atoms with Crippen molar-refractivity contribution in [2.45, 2.75) is 232 Å². The van der Waals surface area contributed by atoms with Gasteiger partial charge in [-0.15, -0.1) is 0 Å². The molecule has 0 saturated carbocycles. The number of esters is 3. The molecule has 0 heterocycles. The van der Waals surface area contributed by atoms with Gasteiger partial charge in [0, 0.05) is 19.3 Å². The van der Waals surface area contributed by atoms with Crippen molar-refractivity contribution in [1.82, 2.24) is 0 Å². The quantitative estimate of drug-likeness (QED) is 0.0199. The van der Waals surface area contributed by atoms with Crippen molar-refractivity contribution < 1.29 is 28.6 Å². The van der Waals surface area contributed by atoms with Gasteiger partial charge in [0.05, 0.1) is 0 Å². The fourth-order valence-corrected chi connectivity index (χ4v) is 6.85. The lowest BCUT2D eigenvalue weighted by Crippen LogP contribution is -2.30. The van der Waals surface area contributed by atoms with E-state index in [9.17, 15) is 14.4 Å². The normalized spacial score (nSPS) is 13.0. The molecule has 0 aromatic heterocycles. The first-order valence-corrected chi connectivity index (χ1v) is 26.4. The second kappa shape index (κ2) is 52.7. The third-order valence-corrected chi connectivity index (χ3v) is 10.8. The summed E-state index contributed by atoms with van der Waals surface area (Å²) in [5.74, 6) is -1.02. The highest BCUT2D eigenvalue weighted by Gasteiger charge is 2.19. The highest BCUT2D eigenvalue weighted by atomic mass is 16.6. The van der Waals surface area contributed by atoms with Crippen LogP contribution in [0.1, 0.15) is 226 Å². The summed E-state index contributed by atoms with van der Waals surface area (Å²) in [6.45, 7) is 6.37. The lowest BCUT2D eigenvalue weighted by atomic mass is 10.1. The molecular weight excluding hydrogens is 805 g/mol. The molecule has 368 valence electrons. The van der Waals surface area contributed by atoms with Crippen LogP contribution in [0.5, 0.6) is 0 Å².